The number of fused-ring (bicyclic) bond motifs is 1. The molecule has 4 N–H and O–H groups in total. The molecule has 1 atom stereocenters. The Labute approximate surface area is 138 Å². The zero-order valence-corrected chi connectivity index (χ0v) is 13.5. The maximum atomic E-state index is 9.55. The van der Waals surface area contributed by atoms with Crippen molar-refractivity contribution in [2.75, 3.05) is 0 Å². The number of rotatable bonds is 4. The standard InChI is InChI=1S/C11H14ClN3.C4H4O4/c1-7(13)5-10-9-6-8(12)3-4-11(9)15(2)14-10;5-3(6)1-2-4(7)8/h3-4,6-7H,5,13H2,1-2H3;1-2H,(H,5,6)(H,7,8)/b;2-1+. The average Bonchev–Trinajstić information content (AvgIpc) is 2.72. The van der Waals surface area contributed by atoms with E-state index in [-0.39, 0.29) is 6.04 Å². The number of nitrogens with zero attached hydrogens (tertiary/aromatic N) is 2. The van der Waals surface area contributed by atoms with Gasteiger partial charge in [-0.2, -0.15) is 5.10 Å². The van der Waals surface area contributed by atoms with Gasteiger partial charge in [-0.1, -0.05) is 11.6 Å². The number of halogens is 1. The van der Waals surface area contributed by atoms with Gasteiger partial charge in [0.2, 0.25) is 0 Å². The largest absolute Gasteiger partial charge is 0.478 e. The van der Waals surface area contributed by atoms with E-state index in [9.17, 15) is 9.59 Å². The summed E-state index contributed by atoms with van der Waals surface area (Å²) in [5.74, 6) is -2.51. The molecule has 2 rings (SSSR count). The first-order valence-electron chi connectivity index (χ1n) is 6.71. The number of carboxylic acids is 2. The molecule has 1 unspecified atom stereocenters. The van der Waals surface area contributed by atoms with Gasteiger partial charge in [0.15, 0.2) is 0 Å². The van der Waals surface area contributed by atoms with Gasteiger partial charge in [0.1, 0.15) is 0 Å². The number of hydrogen-bond acceptors (Lipinski definition) is 4. The Morgan fingerprint density at radius 2 is 1.91 bits per heavy atom. The van der Waals surface area contributed by atoms with Crippen LogP contribution in [0, 0.1) is 0 Å². The molecule has 124 valence electrons. The second-order valence-electron chi connectivity index (χ2n) is 4.92. The van der Waals surface area contributed by atoms with Gasteiger partial charge >= 0.3 is 11.9 Å². The lowest BCUT2D eigenvalue weighted by Gasteiger charge is -2.01. The van der Waals surface area contributed by atoms with Crippen LogP contribution >= 0.6 is 11.6 Å². The number of aryl methyl sites for hydroxylation is 1. The summed E-state index contributed by atoms with van der Waals surface area (Å²) in [6.07, 6.45) is 1.89. The van der Waals surface area contributed by atoms with Gasteiger partial charge in [-0.25, -0.2) is 9.59 Å². The van der Waals surface area contributed by atoms with Crippen LogP contribution < -0.4 is 5.73 Å². The smallest absolute Gasteiger partial charge is 0.328 e. The SMILES string of the molecule is CC(N)Cc1nn(C)c2ccc(Cl)cc12.O=C(O)/C=C/C(=O)O. The minimum atomic E-state index is -1.26. The number of benzene rings is 1. The van der Waals surface area contributed by atoms with Crippen molar-refractivity contribution in [1.82, 2.24) is 9.78 Å². The molecule has 23 heavy (non-hydrogen) atoms. The number of carboxylic acid groups (broad SMARTS) is 2. The second-order valence-corrected chi connectivity index (χ2v) is 5.36. The quantitative estimate of drug-likeness (QED) is 0.731. The van der Waals surface area contributed by atoms with Crippen LogP contribution in [0.2, 0.25) is 5.02 Å². The molecule has 0 spiro atoms. The van der Waals surface area contributed by atoms with Crippen LogP contribution in [0.4, 0.5) is 0 Å². The van der Waals surface area contributed by atoms with Gasteiger partial charge in [-0.15, -0.1) is 0 Å². The summed E-state index contributed by atoms with van der Waals surface area (Å²) >= 11 is 5.97. The van der Waals surface area contributed by atoms with E-state index in [2.05, 4.69) is 5.10 Å². The Balaban J connectivity index is 0.000000284. The molecule has 2 aromatic rings. The summed E-state index contributed by atoms with van der Waals surface area (Å²) in [6.45, 7) is 1.98. The molecule has 8 heteroatoms. The molecule has 0 bridgehead atoms. The highest BCUT2D eigenvalue weighted by atomic mass is 35.5. The molecule has 0 aliphatic rings. The van der Waals surface area contributed by atoms with Crippen molar-refractivity contribution in [2.45, 2.75) is 19.4 Å². The first kappa shape index (κ1) is 18.7. The van der Waals surface area contributed by atoms with E-state index in [0.29, 0.717) is 12.2 Å². The number of nitrogens with two attached hydrogens (primary N) is 1. The fraction of sp³-hybridized carbons (Fsp3) is 0.267. The van der Waals surface area contributed by atoms with Crippen LogP contribution in [0.5, 0.6) is 0 Å². The first-order chi connectivity index (χ1) is 10.7. The number of carbonyl (C=O) groups is 2. The van der Waals surface area contributed by atoms with Crippen molar-refractivity contribution in [3.8, 4) is 0 Å². The Hall–Kier alpha value is -2.38. The van der Waals surface area contributed by atoms with Crippen LogP contribution in [0.1, 0.15) is 12.6 Å². The molecule has 1 aromatic heterocycles. The molecule has 7 nitrogen and oxygen atoms in total. The maximum absolute atomic E-state index is 9.55. The molecule has 1 aromatic carbocycles. The van der Waals surface area contributed by atoms with Gasteiger partial charge in [0, 0.05) is 42.1 Å². The molecular formula is C15H18ClN3O4. The topological polar surface area (TPSA) is 118 Å². The van der Waals surface area contributed by atoms with Crippen LogP contribution in [-0.2, 0) is 23.1 Å². The van der Waals surface area contributed by atoms with Crippen molar-refractivity contribution in [2.24, 2.45) is 12.8 Å². The van der Waals surface area contributed by atoms with E-state index in [1.54, 1.807) is 0 Å². The minimum Gasteiger partial charge on any atom is -0.478 e. The maximum Gasteiger partial charge on any atom is 0.328 e. The lowest BCUT2D eigenvalue weighted by Crippen LogP contribution is -2.18. The molecule has 0 aliphatic heterocycles. The van der Waals surface area contributed by atoms with Gasteiger partial charge < -0.3 is 15.9 Å². The van der Waals surface area contributed by atoms with Gasteiger partial charge in [0.05, 0.1) is 11.2 Å². The van der Waals surface area contributed by atoms with Crippen molar-refractivity contribution < 1.29 is 19.8 Å². The van der Waals surface area contributed by atoms with Gasteiger partial charge in [0.25, 0.3) is 0 Å². The van der Waals surface area contributed by atoms with Crippen molar-refractivity contribution >= 4 is 34.4 Å². The Morgan fingerprint density at radius 1 is 1.35 bits per heavy atom. The molecule has 0 amide bonds. The Morgan fingerprint density at radius 3 is 2.39 bits per heavy atom. The number of aromatic nitrogens is 2. The zero-order valence-electron chi connectivity index (χ0n) is 12.7. The highest BCUT2D eigenvalue weighted by molar-refractivity contribution is 6.31. The van der Waals surface area contributed by atoms with Crippen LogP contribution in [0.15, 0.2) is 30.4 Å². The number of aliphatic carboxylic acids is 2. The highest BCUT2D eigenvalue weighted by Gasteiger charge is 2.10. The molecule has 0 fully saturated rings. The third-order valence-corrected chi connectivity index (χ3v) is 3.01. The zero-order chi connectivity index (χ0) is 17.6. The van der Waals surface area contributed by atoms with Crippen LogP contribution in [0.3, 0.4) is 0 Å². The van der Waals surface area contributed by atoms with Crippen molar-refractivity contribution in [3.63, 3.8) is 0 Å². The lowest BCUT2D eigenvalue weighted by atomic mass is 10.1. The normalized spacial score (nSPS) is 12.0. The van der Waals surface area contributed by atoms with E-state index in [1.165, 1.54) is 0 Å². The summed E-state index contributed by atoms with van der Waals surface area (Å²) in [6, 6.07) is 5.92. The number of hydrogen-bond donors (Lipinski definition) is 3. The summed E-state index contributed by atoms with van der Waals surface area (Å²) in [5, 5.41) is 21.9. The summed E-state index contributed by atoms with van der Waals surface area (Å²) < 4.78 is 1.86. The van der Waals surface area contributed by atoms with E-state index >= 15 is 0 Å². The fourth-order valence-electron chi connectivity index (χ4n) is 1.91. The summed E-state index contributed by atoms with van der Waals surface area (Å²) in [5.41, 5.74) is 7.89. The van der Waals surface area contributed by atoms with E-state index in [0.717, 1.165) is 28.0 Å². The van der Waals surface area contributed by atoms with Crippen LogP contribution in [-0.4, -0.2) is 38.0 Å². The minimum absolute atomic E-state index is 0.113. The Kier molecular flexibility index (Phi) is 6.74. The predicted octanol–water partition coefficient (Wildman–Crippen LogP) is 1.83. The lowest BCUT2D eigenvalue weighted by molar-refractivity contribution is -0.134. The monoisotopic (exact) mass is 339 g/mol. The van der Waals surface area contributed by atoms with Gasteiger partial charge in [-0.05, 0) is 25.1 Å². The second kappa shape index (κ2) is 8.30. The Bertz CT molecular complexity index is 722. The molecule has 0 saturated carbocycles. The molecule has 0 aliphatic carbocycles. The van der Waals surface area contributed by atoms with Crippen molar-refractivity contribution in [1.29, 1.82) is 0 Å². The van der Waals surface area contributed by atoms with E-state index < -0.39 is 11.9 Å². The third-order valence-electron chi connectivity index (χ3n) is 2.77. The van der Waals surface area contributed by atoms with Crippen molar-refractivity contribution in [3.05, 3.63) is 41.1 Å². The molecular weight excluding hydrogens is 322 g/mol. The molecule has 0 saturated heterocycles. The average molecular weight is 340 g/mol. The summed E-state index contributed by atoms with van der Waals surface area (Å²) in [7, 11) is 1.93. The predicted molar refractivity (Wildman–Crippen MR) is 87.5 cm³/mol. The summed E-state index contributed by atoms with van der Waals surface area (Å²) in [4.78, 5) is 19.1. The van der Waals surface area contributed by atoms with E-state index in [4.69, 9.17) is 27.5 Å². The highest BCUT2D eigenvalue weighted by Crippen LogP contribution is 2.22. The van der Waals surface area contributed by atoms with Gasteiger partial charge in [-0.3, -0.25) is 4.68 Å². The first-order valence-corrected chi connectivity index (χ1v) is 7.09. The fourth-order valence-corrected chi connectivity index (χ4v) is 2.08. The van der Waals surface area contributed by atoms with Crippen LogP contribution in [0.25, 0.3) is 10.9 Å². The third kappa shape index (κ3) is 6.09. The molecule has 0 radical (unpaired) electrons. The van der Waals surface area contributed by atoms with E-state index in [1.807, 2.05) is 36.9 Å². The molecule has 1 heterocycles.